The second kappa shape index (κ2) is 7.08. The molecule has 0 bridgehead atoms. The molecule has 2 N–H and O–H groups in total. The number of benzene rings is 1. The third-order valence-electron chi connectivity index (χ3n) is 3.79. The molecule has 0 saturated heterocycles. The summed E-state index contributed by atoms with van der Waals surface area (Å²) in [6.07, 6.45) is 3.92. The fraction of sp³-hybridized carbons (Fsp3) is 0.500. The first kappa shape index (κ1) is 16.0. The molecule has 0 aromatic heterocycles. The molecule has 1 aromatic carbocycles. The summed E-state index contributed by atoms with van der Waals surface area (Å²) in [6, 6.07) is 6.52. The van der Waals surface area contributed by atoms with Crippen LogP contribution in [-0.2, 0) is 10.0 Å². The van der Waals surface area contributed by atoms with Gasteiger partial charge in [0.2, 0.25) is 10.0 Å². The molecule has 0 amide bonds. The predicted molar refractivity (Wildman–Crippen MR) is 82.1 cm³/mol. The lowest BCUT2D eigenvalue weighted by Gasteiger charge is -2.26. The Morgan fingerprint density at radius 1 is 1.29 bits per heavy atom. The van der Waals surface area contributed by atoms with E-state index in [1.165, 1.54) is 6.07 Å². The number of nitrogens with one attached hydrogen (secondary N) is 1. The summed E-state index contributed by atoms with van der Waals surface area (Å²) in [5, 5.41) is 8.69. The van der Waals surface area contributed by atoms with Crippen molar-refractivity contribution >= 4 is 10.0 Å². The maximum absolute atomic E-state index is 12.4. The summed E-state index contributed by atoms with van der Waals surface area (Å²) in [7, 11) is -3.51. The van der Waals surface area contributed by atoms with Crippen LogP contribution in [0.15, 0.2) is 29.2 Å². The monoisotopic (exact) mass is 307 g/mol. The Morgan fingerprint density at radius 2 is 2.00 bits per heavy atom. The standard InChI is InChI=1S/C16H21NO3S/c1-13-7-9-15(10-8-13)17-21(19,20)16-6-2-4-14(12-16)5-3-11-18/h2,4,6,12-13,15,17-18H,7-11H2,1H3. The van der Waals surface area contributed by atoms with Crippen LogP contribution in [0.25, 0.3) is 0 Å². The van der Waals surface area contributed by atoms with Crippen molar-refractivity contribution in [3.63, 3.8) is 0 Å². The SMILES string of the molecule is CC1CCC(NS(=O)(=O)c2cccc(C#CCO)c2)CC1. The van der Waals surface area contributed by atoms with Gasteiger partial charge in [-0.15, -0.1) is 0 Å². The lowest BCUT2D eigenvalue weighted by molar-refractivity contribution is 0.332. The summed E-state index contributed by atoms with van der Waals surface area (Å²) in [6.45, 7) is 1.96. The molecule has 0 atom stereocenters. The molecule has 0 radical (unpaired) electrons. The second-order valence-corrected chi connectivity index (χ2v) is 7.28. The van der Waals surface area contributed by atoms with E-state index >= 15 is 0 Å². The molecule has 1 aromatic rings. The number of hydrogen-bond acceptors (Lipinski definition) is 3. The number of hydrogen-bond donors (Lipinski definition) is 2. The van der Waals surface area contributed by atoms with Crippen molar-refractivity contribution in [3.8, 4) is 11.8 Å². The van der Waals surface area contributed by atoms with E-state index in [1.807, 2.05) is 0 Å². The first-order valence-electron chi connectivity index (χ1n) is 7.23. The molecule has 1 aliphatic rings. The van der Waals surface area contributed by atoms with Gasteiger partial charge in [0, 0.05) is 11.6 Å². The Hall–Kier alpha value is -1.35. The van der Waals surface area contributed by atoms with E-state index in [0.717, 1.165) is 25.7 Å². The third kappa shape index (κ3) is 4.57. The maximum Gasteiger partial charge on any atom is 0.240 e. The third-order valence-corrected chi connectivity index (χ3v) is 5.31. The molecular formula is C16H21NO3S. The van der Waals surface area contributed by atoms with Gasteiger partial charge < -0.3 is 5.11 Å². The van der Waals surface area contributed by atoms with Crippen LogP contribution >= 0.6 is 0 Å². The van der Waals surface area contributed by atoms with Crippen molar-refractivity contribution in [1.29, 1.82) is 0 Å². The van der Waals surface area contributed by atoms with Crippen LogP contribution in [0.5, 0.6) is 0 Å². The molecule has 0 unspecified atom stereocenters. The molecular weight excluding hydrogens is 286 g/mol. The van der Waals surface area contributed by atoms with Crippen molar-refractivity contribution < 1.29 is 13.5 Å². The van der Waals surface area contributed by atoms with E-state index in [4.69, 9.17) is 5.11 Å². The van der Waals surface area contributed by atoms with Crippen LogP contribution in [0.3, 0.4) is 0 Å². The topological polar surface area (TPSA) is 66.4 Å². The van der Waals surface area contributed by atoms with Gasteiger partial charge in [0.05, 0.1) is 4.90 Å². The van der Waals surface area contributed by atoms with E-state index < -0.39 is 10.0 Å². The number of rotatable bonds is 3. The Morgan fingerprint density at radius 3 is 2.67 bits per heavy atom. The van der Waals surface area contributed by atoms with Gasteiger partial charge in [-0.2, -0.15) is 0 Å². The van der Waals surface area contributed by atoms with E-state index in [-0.39, 0.29) is 17.5 Å². The molecule has 21 heavy (non-hydrogen) atoms. The second-order valence-electron chi connectivity index (χ2n) is 5.57. The van der Waals surface area contributed by atoms with Gasteiger partial charge in [-0.3, -0.25) is 0 Å². The highest BCUT2D eigenvalue weighted by atomic mass is 32.2. The minimum absolute atomic E-state index is 0.0263. The van der Waals surface area contributed by atoms with E-state index in [9.17, 15) is 8.42 Å². The van der Waals surface area contributed by atoms with Crippen LogP contribution in [0.1, 0.15) is 38.2 Å². The average Bonchev–Trinajstić information content (AvgIpc) is 2.48. The van der Waals surface area contributed by atoms with Gasteiger partial charge in [0.15, 0.2) is 0 Å². The molecule has 1 saturated carbocycles. The molecule has 0 heterocycles. The fourth-order valence-electron chi connectivity index (χ4n) is 2.55. The normalized spacial score (nSPS) is 22.4. The van der Waals surface area contributed by atoms with Gasteiger partial charge >= 0.3 is 0 Å². The Labute approximate surface area is 126 Å². The van der Waals surface area contributed by atoms with Crippen LogP contribution in [-0.4, -0.2) is 26.2 Å². The van der Waals surface area contributed by atoms with Crippen LogP contribution in [0, 0.1) is 17.8 Å². The van der Waals surface area contributed by atoms with Gasteiger partial charge in [0.25, 0.3) is 0 Å². The molecule has 0 aliphatic heterocycles. The first-order valence-corrected chi connectivity index (χ1v) is 8.71. The zero-order valence-corrected chi connectivity index (χ0v) is 13.0. The van der Waals surface area contributed by atoms with Crippen molar-refractivity contribution in [2.45, 2.75) is 43.5 Å². The summed E-state index contributed by atoms with van der Waals surface area (Å²) >= 11 is 0. The minimum Gasteiger partial charge on any atom is -0.384 e. The molecule has 0 spiro atoms. The number of aliphatic hydroxyl groups is 1. The van der Waals surface area contributed by atoms with Gasteiger partial charge in [-0.25, -0.2) is 13.1 Å². The largest absolute Gasteiger partial charge is 0.384 e. The van der Waals surface area contributed by atoms with E-state index in [1.54, 1.807) is 18.2 Å². The Balaban J connectivity index is 2.12. The number of aliphatic hydroxyl groups excluding tert-OH is 1. The van der Waals surface area contributed by atoms with E-state index in [0.29, 0.717) is 11.5 Å². The first-order chi connectivity index (χ1) is 10.0. The van der Waals surface area contributed by atoms with E-state index in [2.05, 4.69) is 23.5 Å². The summed E-state index contributed by atoms with van der Waals surface area (Å²) in [4.78, 5) is 0.228. The molecule has 5 heteroatoms. The average molecular weight is 307 g/mol. The summed E-state index contributed by atoms with van der Waals surface area (Å²) < 4.78 is 27.6. The molecule has 4 nitrogen and oxygen atoms in total. The lowest BCUT2D eigenvalue weighted by Crippen LogP contribution is -2.37. The highest BCUT2D eigenvalue weighted by Crippen LogP contribution is 2.24. The van der Waals surface area contributed by atoms with Crippen molar-refractivity contribution in [1.82, 2.24) is 4.72 Å². The van der Waals surface area contributed by atoms with Crippen LogP contribution in [0.4, 0.5) is 0 Å². The minimum atomic E-state index is -3.51. The Bertz CT molecular complexity index is 635. The van der Waals surface area contributed by atoms with Crippen LogP contribution < -0.4 is 4.72 Å². The summed E-state index contributed by atoms with van der Waals surface area (Å²) in [5.74, 6) is 5.93. The van der Waals surface area contributed by atoms with Crippen molar-refractivity contribution in [2.24, 2.45) is 5.92 Å². The lowest BCUT2D eigenvalue weighted by atomic mass is 9.88. The molecule has 1 aliphatic carbocycles. The molecule has 1 fully saturated rings. The van der Waals surface area contributed by atoms with Gasteiger partial charge in [-0.1, -0.05) is 24.8 Å². The summed E-state index contributed by atoms with van der Waals surface area (Å²) in [5.41, 5.74) is 0.587. The van der Waals surface area contributed by atoms with Crippen molar-refractivity contribution in [2.75, 3.05) is 6.61 Å². The maximum atomic E-state index is 12.4. The Kier molecular flexibility index (Phi) is 5.40. The molecule has 2 rings (SSSR count). The zero-order chi connectivity index (χ0) is 15.3. The number of sulfonamides is 1. The zero-order valence-electron chi connectivity index (χ0n) is 12.2. The highest BCUT2D eigenvalue weighted by molar-refractivity contribution is 7.89. The van der Waals surface area contributed by atoms with Crippen molar-refractivity contribution in [3.05, 3.63) is 29.8 Å². The van der Waals surface area contributed by atoms with Gasteiger partial charge in [0.1, 0.15) is 6.61 Å². The highest BCUT2D eigenvalue weighted by Gasteiger charge is 2.24. The van der Waals surface area contributed by atoms with Crippen LogP contribution in [0.2, 0.25) is 0 Å². The quantitative estimate of drug-likeness (QED) is 0.838. The predicted octanol–water partition coefficient (Wildman–Crippen LogP) is 1.89. The van der Waals surface area contributed by atoms with Gasteiger partial charge in [-0.05, 0) is 49.8 Å². The fourth-order valence-corrected chi connectivity index (χ4v) is 3.90. The molecule has 114 valence electrons. The smallest absolute Gasteiger partial charge is 0.240 e.